The molecule has 0 aliphatic heterocycles. The van der Waals surface area contributed by atoms with E-state index in [0.29, 0.717) is 12.1 Å². The van der Waals surface area contributed by atoms with Gasteiger partial charge in [0.15, 0.2) is 5.16 Å². The molecule has 2 rings (SSSR count). The van der Waals surface area contributed by atoms with Crippen molar-refractivity contribution in [3.8, 4) is 0 Å². The number of hydrogen-bond acceptors (Lipinski definition) is 5. The van der Waals surface area contributed by atoms with E-state index in [4.69, 9.17) is 9.88 Å². The molecular formula is C12H17N3O3S2. The number of benzene rings is 1. The monoisotopic (exact) mass is 315 g/mol. The fraction of sp³-hybridized carbons (Fsp3) is 0.417. The molecule has 0 bridgehead atoms. The lowest BCUT2D eigenvalue weighted by molar-refractivity contribution is 0.218. The van der Waals surface area contributed by atoms with E-state index in [1.165, 1.54) is 12.1 Å². The maximum atomic E-state index is 11.4. The Labute approximate surface area is 122 Å². The number of aromatic nitrogens is 2. The lowest BCUT2D eigenvalue weighted by Crippen LogP contribution is -2.11. The minimum atomic E-state index is -3.70. The second kappa shape index (κ2) is 6.13. The van der Waals surface area contributed by atoms with Crippen molar-refractivity contribution in [3.63, 3.8) is 0 Å². The second-order valence-electron chi connectivity index (χ2n) is 4.18. The largest absolute Gasteiger partial charge is 0.384 e. The lowest BCUT2D eigenvalue weighted by atomic mass is 10.3. The van der Waals surface area contributed by atoms with Crippen molar-refractivity contribution in [1.29, 1.82) is 0 Å². The molecule has 8 heteroatoms. The van der Waals surface area contributed by atoms with Crippen molar-refractivity contribution in [1.82, 2.24) is 9.55 Å². The summed E-state index contributed by atoms with van der Waals surface area (Å²) in [6, 6.07) is 4.76. The molecule has 0 unspecified atom stereocenters. The fourth-order valence-electron chi connectivity index (χ4n) is 1.90. The molecule has 0 amide bonds. The van der Waals surface area contributed by atoms with Gasteiger partial charge in [-0.2, -0.15) is 0 Å². The molecular weight excluding hydrogens is 298 g/mol. The Morgan fingerprint density at radius 1 is 1.45 bits per heavy atom. The zero-order valence-electron chi connectivity index (χ0n) is 11.4. The van der Waals surface area contributed by atoms with Gasteiger partial charge in [-0.3, -0.25) is 0 Å². The summed E-state index contributed by atoms with van der Waals surface area (Å²) in [7, 11) is -2.05. The number of rotatable bonds is 6. The molecule has 1 heterocycles. The molecule has 0 fully saturated rings. The summed E-state index contributed by atoms with van der Waals surface area (Å²) < 4.78 is 29.8. The van der Waals surface area contributed by atoms with Gasteiger partial charge in [-0.15, -0.1) is 0 Å². The molecule has 2 N–H and O–H groups in total. The van der Waals surface area contributed by atoms with E-state index in [-0.39, 0.29) is 4.90 Å². The number of nitrogens with two attached hydrogens (primary N) is 1. The first-order chi connectivity index (χ1) is 9.47. The second-order valence-corrected chi connectivity index (χ2v) is 6.80. The molecule has 0 saturated heterocycles. The number of thioether (sulfide) groups is 1. The standard InChI is InChI=1S/C12H17N3O3S2/c1-3-15-11-5-4-9(20(13,16)17)8-10(11)14-12(15)19-7-6-18-2/h4-5,8H,3,6-7H2,1-2H3,(H2,13,16,17). The number of fused-ring (bicyclic) bond motifs is 1. The van der Waals surface area contributed by atoms with E-state index >= 15 is 0 Å². The number of hydrogen-bond donors (Lipinski definition) is 1. The third kappa shape index (κ3) is 3.14. The minimum absolute atomic E-state index is 0.0826. The lowest BCUT2D eigenvalue weighted by Gasteiger charge is -2.05. The first-order valence-electron chi connectivity index (χ1n) is 6.12. The summed E-state index contributed by atoms with van der Waals surface area (Å²) in [6.07, 6.45) is 0. The summed E-state index contributed by atoms with van der Waals surface area (Å²) in [5.74, 6) is 0.794. The molecule has 0 radical (unpaired) electrons. The predicted octanol–water partition coefficient (Wildman–Crippen LogP) is 1.44. The van der Waals surface area contributed by atoms with Crippen LogP contribution < -0.4 is 5.14 Å². The molecule has 1 aromatic heterocycles. The van der Waals surface area contributed by atoms with Crippen LogP contribution >= 0.6 is 11.8 Å². The van der Waals surface area contributed by atoms with Crippen LogP contribution in [0.2, 0.25) is 0 Å². The van der Waals surface area contributed by atoms with Gasteiger partial charge in [0.05, 0.1) is 22.5 Å². The van der Waals surface area contributed by atoms with Gasteiger partial charge in [-0.25, -0.2) is 18.5 Å². The number of primary sulfonamides is 1. The van der Waals surface area contributed by atoms with Gasteiger partial charge in [-0.1, -0.05) is 11.8 Å². The predicted molar refractivity (Wildman–Crippen MR) is 79.4 cm³/mol. The summed E-state index contributed by atoms with van der Waals surface area (Å²) in [4.78, 5) is 4.56. The Morgan fingerprint density at radius 2 is 2.20 bits per heavy atom. The quantitative estimate of drug-likeness (QED) is 0.644. The van der Waals surface area contributed by atoms with Crippen LogP contribution in [0.4, 0.5) is 0 Å². The number of sulfonamides is 1. The smallest absolute Gasteiger partial charge is 0.238 e. The number of ether oxygens (including phenoxy) is 1. The highest BCUT2D eigenvalue weighted by Gasteiger charge is 2.14. The Kier molecular flexibility index (Phi) is 4.69. The zero-order chi connectivity index (χ0) is 14.8. The van der Waals surface area contributed by atoms with Crippen LogP contribution in [0.15, 0.2) is 28.3 Å². The summed E-state index contributed by atoms with van der Waals surface area (Å²) in [5.41, 5.74) is 1.54. The van der Waals surface area contributed by atoms with Crippen molar-refractivity contribution in [2.24, 2.45) is 5.14 Å². The molecule has 6 nitrogen and oxygen atoms in total. The maximum Gasteiger partial charge on any atom is 0.238 e. The van der Waals surface area contributed by atoms with Crippen LogP contribution in [0.5, 0.6) is 0 Å². The SMILES string of the molecule is CCn1c(SCCOC)nc2cc(S(N)(=O)=O)ccc21. The highest BCUT2D eigenvalue weighted by Crippen LogP contribution is 2.25. The fourth-order valence-corrected chi connectivity index (χ4v) is 3.41. The van der Waals surface area contributed by atoms with Gasteiger partial charge in [0.25, 0.3) is 0 Å². The van der Waals surface area contributed by atoms with E-state index in [1.54, 1.807) is 24.9 Å². The van der Waals surface area contributed by atoms with E-state index in [9.17, 15) is 8.42 Å². The molecule has 110 valence electrons. The van der Waals surface area contributed by atoms with Crippen molar-refractivity contribution in [3.05, 3.63) is 18.2 Å². The van der Waals surface area contributed by atoms with Crippen LogP contribution in [0.3, 0.4) is 0 Å². The third-order valence-corrected chi connectivity index (χ3v) is 4.70. The highest BCUT2D eigenvalue weighted by atomic mass is 32.2. The maximum absolute atomic E-state index is 11.4. The van der Waals surface area contributed by atoms with Gasteiger partial charge in [0.2, 0.25) is 10.0 Å². The van der Waals surface area contributed by atoms with Crippen LogP contribution in [-0.2, 0) is 21.3 Å². The topological polar surface area (TPSA) is 87.2 Å². The molecule has 2 aromatic rings. The number of methoxy groups -OCH3 is 1. The number of aryl methyl sites for hydroxylation is 1. The molecule has 20 heavy (non-hydrogen) atoms. The van der Waals surface area contributed by atoms with Gasteiger partial charge in [-0.05, 0) is 25.1 Å². The van der Waals surface area contributed by atoms with Crippen molar-refractivity contribution < 1.29 is 13.2 Å². The summed E-state index contributed by atoms with van der Waals surface area (Å²) >= 11 is 1.58. The van der Waals surface area contributed by atoms with Gasteiger partial charge in [0, 0.05) is 19.4 Å². The Morgan fingerprint density at radius 3 is 2.80 bits per heavy atom. The van der Waals surface area contributed by atoms with E-state index < -0.39 is 10.0 Å². The number of nitrogens with zero attached hydrogens (tertiary/aromatic N) is 2. The first-order valence-corrected chi connectivity index (χ1v) is 8.65. The summed E-state index contributed by atoms with van der Waals surface area (Å²) in [6.45, 7) is 3.43. The Balaban J connectivity index is 2.45. The van der Waals surface area contributed by atoms with Gasteiger partial charge in [0.1, 0.15) is 0 Å². The van der Waals surface area contributed by atoms with Crippen molar-refractivity contribution in [2.45, 2.75) is 23.5 Å². The number of imidazole rings is 1. The summed E-state index contributed by atoms with van der Waals surface area (Å²) in [5, 5.41) is 5.99. The molecule has 0 aliphatic rings. The third-order valence-electron chi connectivity index (χ3n) is 2.85. The Hall–Kier alpha value is -1.09. The van der Waals surface area contributed by atoms with Crippen LogP contribution in [0.25, 0.3) is 11.0 Å². The van der Waals surface area contributed by atoms with Crippen LogP contribution in [0, 0.1) is 0 Å². The van der Waals surface area contributed by atoms with Gasteiger partial charge < -0.3 is 9.30 Å². The van der Waals surface area contributed by atoms with Crippen LogP contribution in [-0.4, -0.2) is 37.4 Å². The normalized spacial score (nSPS) is 12.2. The minimum Gasteiger partial charge on any atom is -0.384 e. The van der Waals surface area contributed by atoms with Crippen molar-refractivity contribution >= 4 is 32.8 Å². The molecule has 0 atom stereocenters. The highest BCUT2D eigenvalue weighted by molar-refractivity contribution is 7.99. The molecule has 0 aliphatic carbocycles. The molecule has 0 spiro atoms. The van der Waals surface area contributed by atoms with Crippen molar-refractivity contribution in [2.75, 3.05) is 19.5 Å². The average Bonchev–Trinajstić information content (AvgIpc) is 2.74. The van der Waals surface area contributed by atoms with E-state index in [1.807, 2.05) is 11.5 Å². The van der Waals surface area contributed by atoms with E-state index in [2.05, 4.69) is 4.98 Å². The Bertz CT molecular complexity index is 710. The zero-order valence-corrected chi connectivity index (χ0v) is 13.0. The molecule has 0 saturated carbocycles. The van der Waals surface area contributed by atoms with Gasteiger partial charge >= 0.3 is 0 Å². The van der Waals surface area contributed by atoms with Crippen LogP contribution in [0.1, 0.15) is 6.92 Å². The average molecular weight is 315 g/mol. The first kappa shape index (κ1) is 15.3. The van der Waals surface area contributed by atoms with E-state index in [0.717, 1.165) is 23.0 Å². The molecule has 1 aromatic carbocycles.